The van der Waals surface area contributed by atoms with E-state index in [1.807, 2.05) is 0 Å². The lowest BCUT2D eigenvalue weighted by atomic mass is 10.00. The molecule has 1 aliphatic heterocycles. The summed E-state index contributed by atoms with van der Waals surface area (Å²) >= 11 is 3.66. The van der Waals surface area contributed by atoms with Gasteiger partial charge in [0, 0.05) is 31.7 Å². The zero-order valence-electron chi connectivity index (χ0n) is 12.8. The molecule has 2 rings (SSSR count). The number of hydrogen-bond donors (Lipinski definition) is 1. The molecule has 0 amide bonds. The zero-order valence-corrected chi connectivity index (χ0v) is 14.4. The quantitative estimate of drug-likeness (QED) is 0.911. The molecule has 1 saturated heterocycles. The monoisotopic (exact) mass is 341 g/mol. The Morgan fingerprint density at radius 3 is 2.75 bits per heavy atom. The van der Waals surface area contributed by atoms with Crippen LogP contribution in [0.25, 0.3) is 0 Å². The first-order valence-corrected chi connectivity index (χ1v) is 7.95. The van der Waals surface area contributed by atoms with Crippen molar-refractivity contribution in [1.82, 2.24) is 14.9 Å². The molecule has 1 aromatic rings. The van der Waals surface area contributed by atoms with Gasteiger partial charge < -0.3 is 10.2 Å². The van der Waals surface area contributed by atoms with Gasteiger partial charge in [-0.05, 0) is 43.2 Å². The summed E-state index contributed by atoms with van der Waals surface area (Å²) in [6.07, 6.45) is 2.72. The molecule has 1 fully saturated rings. The summed E-state index contributed by atoms with van der Waals surface area (Å²) in [5.41, 5.74) is 0.152. The number of aromatic nitrogens is 2. The van der Waals surface area contributed by atoms with Gasteiger partial charge in [0.1, 0.15) is 22.4 Å². The predicted molar refractivity (Wildman–Crippen MR) is 87.4 cm³/mol. The van der Waals surface area contributed by atoms with Gasteiger partial charge in [-0.3, -0.25) is 4.90 Å². The number of likely N-dealkylation sites (N-methyl/N-ethyl adjacent to an activating group) is 1. The van der Waals surface area contributed by atoms with Crippen LogP contribution in [0.4, 0.5) is 11.6 Å². The Morgan fingerprint density at radius 2 is 2.10 bits per heavy atom. The minimum absolute atomic E-state index is 0.152. The van der Waals surface area contributed by atoms with Crippen molar-refractivity contribution in [3.63, 3.8) is 0 Å². The minimum Gasteiger partial charge on any atom is -0.369 e. The number of nitrogens with one attached hydrogen (secondary N) is 1. The van der Waals surface area contributed by atoms with Crippen LogP contribution >= 0.6 is 15.9 Å². The van der Waals surface area contributed by atoms with Crippen molar-refractivity contribution in [3.8, 4) is 0 Å². The first-order valence-electron chi connectivity index (χ1n) is 7.16. The van der Waals surface area contributed by atoms with E-state index in [1.165, 1.54) is 0 Å². The van der Waals surface area contributed by atoms with Gasteiger partial charge in [0.2, 0.25) is 0 Å². The third-order valence-corrected chi connectivity index (χ3v) is 4.66. The van der Waals surface area contributed by atoms with E-state index >= 15 is 0 Å². The molecule has 1 aromatic heterocycles. The van der Waals surface area contributed by atoms with Gasteiger partial charge in [0.25, 0.3) is 0 Å². The molecule has 112 valence electrons. The van der Waals surface area contributed by atoms with Crippen molar-refractivity contribution >= 4 is 27.6 Å². The fraction of sp³-hybridized carbons (Fsp3) is 0.714. The van der Waals surface area contributed by atoms with Crippen molar-refractivity contribution in [2.75, 3.05) is 43.4 Å². The second-order valence-electron chi connectivity index (χ2n) is 5.94. The second kappa shape index (κ2) is 6.26. The highest BCUT2D eigenvalue weighted by Gasteiger charge is 2.32. The van der Waals surface area contributed by atoms with Gasteiger partial charge in [-0.25, -0.2) is 9.97 Å². The molecule has 0 unspecified atom stereocenters. The van der Waals surface area contributed by atoms with E-state index in [0.717, 1.165) is 48.7 Å². The van der Waals surface area contributed by atoms with Crippen LogP contribution in [0.5, 0.6) is 0 Å². The first-order chi connectivity index (χ1) is 9.45. The van der Waals surface area contributed by atoms with E-state index < -0.39 is 0 Å². The number of piperazine rings is 1. The Morgan fingerprint density at radius 1 is 1.35 bits per heavy atom. The maximum atomic E-state index is 4.47. The molecule has 1 N–H and O–H groups in total. The number of rotatable bonds is 4. The van der Waals surface area contributed by atoms with Crippen LogP contribution < -0.4 is 10.2 Å². The van der Waals surface area contributed by atoms with Gasteiger partial charge in [-0.2, -0.15) is 0 Å². The zero-order chi connectivity index (χ0) is 14.8. The first kappa shape index (κ1) is 15.5. The molecule has 0 saturated carbocycles. The number of anilines is 2. The Balaban J connectivity index is 2.20. The van der Waals surface area contributed by atoms with Gasteiger partial charge in [-0.15, -0.1) is 0 Å². The molecule has 0 aliphatic carbocycles. The molecule has 0 aromatic carbocycles. The van der Waals surface area contributed by atoms with Gasteiger partial charge >= 0.3 is 0 Å². The maximum absolute atomic E-state index is 4.47. The normalized spacial score (nSPS) is 19.1. The van der Waals surface area contributed by atoms with Crippen molar-refractivity contribution in [1.29, 1.82) is 0 Å². The summed E-state index contributed by atoms with van der Waals surface area (Å²) in [6, 6.07) is 0. The van der Waals surface area contributed by atoms with Crippen LogP contribution in [-0.2, 0) is 0 Å². The lowest BCUT2D eigenvalue weighted by molar-refractivity contribution is 0.138. The summed E-state index contributed by atoms with van der Waals surface area (Å²) in [4.78, 5) is 13.5. The van der Waals surface area contributed by atoms with Crippen LogP contribution in [0.1, 0.15) is 27.2 Å². The topological polar surface area (TPSA) is 44.3 Å². The number of halogens is 1. The maximum Gasteiger partial charge on any atom is 0.148 e. The highest BCUT2D eigenvalue weighted by molar-refractivity contribution is 9.10. The smallest absolute Gasteiger partial charge is 0.148 e. The number of hydrogen-bond acceptors (Lipinski definition) is 5. The van der Waals surface area contributed by atoms with Crippen LogP contribution in [0, 0.1) is 0 Å². The average Bonchev–Trinajstić information content (AvgIpc) is 2.41. The standard InChI is InChI=1S/C14H24BrN5/c1-5-6-16-12-11(15)13(18-10-17-12)20-8-7-19(4)14(2,3)9-20/h10H,5-9H2,1-4H3,(H,16,17,18). The molecule has 6 heteroatoms. The molecular weight excluding hydrogens is 318 g/mol. The Labute approximate surface area is 129 Å². The van der Waals surface area contributed by atoms with Crippen LogP contribution in [0.3, 0.4) is 0 Å². The van der Waals surface area contributed by atoms with Gasteiger partial charge in [0.05, 0.1) is 0 Å². The predicted octanol–water partition coefficient (Wildman–Crippen LogP) is 2.59. The molecule has 2 heterocycles. The van der Waals surface area contributed by atoms with Crippen molar-refractivity contribution in [3.05, 3.63) is 10.8 Å². The van der Waals surface area contributed by atoms with E-state index in [-0.39, 0.29) is 5.54 Å². The van der Waals surface area contributed by atoms with E-state index in [0.29, 0.717) is 0 Å². The molecule has 20 heavy (non-hydrogen) atoms. The van der Waals surface area contributed by atoms with Crippen molar-refractivity contribution in [2.24, 2.45) is 0 Å². The fourth-order valence-electron chi connectivity index (χ4n) is 2.37. The molecule has 0 spiro atoms. The van der Waals surface area contributed by atoms with E-state index in [2.05, 4.69) is 68.8 Å². The average molecular weight is 342 g/mol. The lowest BCUT2D eigenvalue weighted by Gasteiger charge is -2.46. The van der Waals surface area contributed by atoms with Crippen LogP contribution in [0.15, 0.2) is 10.8 Å². The summed E-state index contributed by atoms with van der Waals surface area (Å²) in [7, 11) is 2.18. The Bertz CT molecular complexity index is 463. The van der Waals surface area contributed by atoms with Crippen LogP contribution in [-0.4, -0.2) is 53.6 Å². The summed E-state index contributed by atoms with van der Waals surface area (Å²) in [5, 5.41) is 3.34. The minimum atomic E-state index is 0.152. The molecule has 0 bridgehead atoms. The molecular formula is C14H24BrN5. The van der Waals surface area contributed by atoms with Gasteiger partial charge in [-0.1, -0.05) is 6.92 Å². The molecule has 0 atom stereocenters. The summed E-state index contributed by atoms with van der Waals surface area (Å²) in [6.45, 7) is 10.6. The Kier molecular flexibility index (Phi) is 4.86. The highest BCUT2D eigenvalue weighted by Crippen LogP contribution is 2.32. The largest absolute Gasteiger partial charge is 0.369 e. The van der Waals surface area contributed by atoms with Crippen molar-refractivity contribution in [2.45, 2.75) is 32.7 Å². The second-order valence-corrected chi connectivity index (χ2v) is 6.74. The number of nitrogens with zero attached hydrogens (tertiary/aromatic N) is 4. The van der Waals surface area contributed by atoms with E-state index in [9.17, 15) is 0 Å². The van der Waals surface area contributed by atoms with Crippen LogP contribution in [0.2, 0.25) is 0 Å². The van der Waals surface area contributed by atoms with E-state index in [1.54, 1.807) is 6.33 Å². The lowest BCUT2D eigenvalue weighted by Crippen LogP contribution is -2.58. The third-order valence-electron chi connectivity index (χ3n) is 3.93. The summed E-state index contributed by atoms with van der Waals surface area (Å²) in [5.74, 6) is 1.87. The molecule has 0 radical (unpaired) electrons. The molecule has 5 nitrogen and oxygen atoms in total. The van der Waals surface area contributed by atoms with E-state index in [4.69, 9.17) is 0 Å². The van der Waals surface area contributed by atoms with Crippen molar-refractivity contribution < 1.29 is 0 Å². The summed E-state index contributed by atoms with van der Waals surface area (Å²) < 4.78 is 0.966. The fourth-order valence-corrected chi connectivity index (χ4v) is 2.96. The Hall–Kier alpha value is -0.880. The van der Waals surface area contributed by atoms with Gasteiger partial charge in [0.15, 0.2) is 0 Å². The highest BCUT2D eigenvalue weighted by atomic mass is 79.9. The molecule has 1 aliphatic rings. The third kappa shape index (κ3) is 3.23. The SMILES string of the molecule is CCCNc1ncnc(N2CCN(C)C(C)(C)C2)c1Br.